The van der Waals surface area contributed by atoms with Crippen LogP contribution in [0.5, 0.6) is 0 Å². The van der Waals surface area contributed by atoms with Gasteiger partial charge in [0.1, 0.15) is 5.82 Å². The fourth-order valence-electron chi connectivity index (χ4n) is 2.84. The number of nitriles is 1. The van der Waals surface area contributed by atoms with Crippen molar-refractivity contribution in [3.63, 3.8) is 0 Å². The molecule has 3 rings (SSSR count). The van der Waals surface area contributed by atoms with E-state index >= 15 is 0 Å². The van der Waals surface area contributed by atoms with Gasteiger partial charge in [0, 0.05) is 36.0 Å². The van der Waals surface area contributed by atoms with Gasteiger partial charge in [-0.3, -0.25) is 4.79 Å². The molecule has 1 aromatic carbocycles. The number of rotatable bonds is 7. The summed E-state index contributed by atoms with van der Waals surface area (Å²) in [4.78, 5) is 21.5. The molecule has 11 heteroatoms. The van der Waals surface area contributed by atoms with Crippen LogP contribution in [0.1, 0.15) is 33.9 Å². The molecule has 1 amide bonds. The number of nitrogens with zero attached hydrogens (tertiary/aromatic N) is 5. The second-order valence-corrected chi connectivity index (χ2v) is 8.58. The number of nitrogens with one attached hydrogen (secondary N) is 2. The Morgan fingerprint density at radius 3 is 2.32 bits per heavy atom. The van der Waals surface area contributed by atoms with E-state index < -0.39 is 15.9 Å². The van der Waals surface area contributed by atoms with Gasteiger partial charge in [0.25, 0.3) is 11.9 Å². The Hall–Kier alpha value is -3.62. The van der Waals surface area contributed by atoms with Gasteiger partial charge in [-0.05, 0) is 51.1 Å². The summed E-state index contributed by atoms with van der Waals surface area (Å²) in [6, 6.07) is 10.9. The van der Waals surface area contributed by atoms with Gasteiger partial charge in [0.15, 0.2) is 0 Å². The number of sulfonamides is 1. The highest BCUT2D eigenvalue weighted by Crippen LogP contribution is 2.17. The van der Waals surface area contributed by atoms with Crippen LogP contribution in [0.3, 0.4) is 0 Å². The summed E-state index contributed by atoms with van der Waals surface area (Å²) in [5.41, 5.74) is 2.48. The largest absolute Gasteiger partial charge is 0.306 e. The summed E-state index contributed by atoms with van der Waals surface area (Å²) in [6.07, 6.45) is 0.0665. The summed E-state index contributed by atoms with van der Waals surface area (Å²) in [5.74, 6) is 0.292. The van der Waals surface area contributed by atoms with Crippen LogP contribution in [0.2, 0.25) is 0 Å². The van der Waals surface area contributed by atoms with Crippen LogP contribution in [0.25, 0.3) is 5.95 Å². The van der Waals surface area contributed by atoms with Gasteiger partial charge < -0.3 is 5.32 Å². The lowest BCUT2D eigenvalue weighted by atomic mass is 10.2. The number of benzene rings is 1. The number of carbonyl (C=O) groups excluding carboxylic acids is 1. The van der Waals surface area contributed by atoms with Gasteiger partial charge in [0.05, 0.1) is 16.7 Å². The van der Waals surface area contributed by atoms with E-state index in [1.54, 1.807) is 13.0 Å². The number of hydrogen-bond acceptors (Lipinski definition) is 7. The van der Waals surface area contributed by atoms with Crippen molar-refractivity contribution in [3.8, 4) is 12.0 Å². The zero-order valence-electron chi connectivity index (χ0n) is 17.2. The molecule has 0 fully saturated rings. The molecule has 2 heterocycles. The molecule has 31 heavy (non-hydrogen) atoms. The van der Waals surface area contributed by atoms with Gasteiger partial charge in [0.2, 0.25) is 10.0 Å². The topological polar surface area (TPSA) is 143 Å². The van der Waals surface area contributed by atoms with Crippen LogP contribution < -0.4 is 10.0 Å². The van der Waals surface area contributed by atoms with Gasteiger partial charge in [-0.25, -0.2) is 23.1 Å². The first-order chi connectivity index (χ1) is 14.7. The minimum atomic E-state index is -3.74. The molecule has 0 aliphatic heterocycles. The minimum Gasteiger partial charge on any atom is -0.306 e. The third-order valence-corrected chi connectivity index (χ3v) is 5.67. The van der Waals surface area contributed by atoms with E-state index in [4.69, 9.17) is 5.26 Å². The van der Waals surface area contributed by atoms with Crippen LogP contribution in [-0.4, -0.2) is 40.6 Å². The van der Waals surface area contributed by atoms with Gasteiger partial charge >= 0.3 is 0 Å². The number of anilines is 1. The van der Waals surface area contributed by atoms with Crippen LogP contribution in [-0.2, 0) is 10.0 Å². The first-order valence-electron chi connectivity index (χ1n) is 9.37. The fourth-order valence-corrected chi connectivity index (χ4v) is 3.87. The van der Waals surface area contributed by atoms with Crippen molar-refractivity contribution in [1.29, 1.82) is 5.26 Å². The Labute approximate surface area is 180 Å². The van der Waals surface area contributed by atoms with Crippen molar-refractivity contribution < 1.29 is 13.2 Å². The molecule has 0 saturated carbocycles. The van der Waals surface area contributed by atoms with E-state index in [9.17, 15) is 13.2 Å². The summed E-state index contributed by atoms with van der Waals surface area (Å²) >= 11 is 0. The highest BCUT2D eigenvalue weighted by atomic mass is 32.2. The van der Waals surface area contributed by atoms with Gasteiger partial charge in [-0.2, -0.15) is 15.0 Å². The average Bonchev–Trinajstić information content (AvgIpc) is 3.07. The van der Waals surface area contributed by atoms with Crippen molar-refractivity contribution in [2.24, 2.45) is 0 Å². The standard InChI is InChI=1S/C20H21N7O3S/c1-13-11-14(2)24-20(23-13)27-18(12-15(3)26-27)25-19(28)16-5-7-17(8-6-16)31(29,30)22-10-4-9-21/h5-8,11-12,22H,4,10H2,1-3H3,(H,25,28). The molecule has 0 unspecified atom stereocenters. The molecule has 0 spiro atoms. The Morgan fingerprint density at radius 1 is 1.06 bits per heavy atom. The highest BCUT2D eigenvalue weighted by molar-refractivity contribution is 7.89. The van der Waals surface area contributed by atoms with Crippen molar-refractivity contribution in [3.05, 3.63) is 59.0 Å². The smallest absolute Gasteiger partial charge is 0.256 e. The lowest BCUT2D eigenvalue weighted by molar-refractivity contribution is 0.102. The SMILES string of the molecule is Cc1cc(C)nc(-n2nc(C)cc2NC(=O)c2ccc(S(=O)(=O)NCCC#N)cc2)n1. The molecular formula is C20H21N7O3S. The van der Waals surface area contributed by atoms with Crippen LogP contribution in [0.4, 0.5) is 5.82 Å². The van der Waals surface area contributed by atoms with Gasteiger partial charge in [-0.1, -0.05) is 0 Å². The van der Waals surface area contributed by atoms with Crippen molar-refractivity contribution in [2.45, 2.75) is 32.1 Å². The number of aryl methyl sites for hydroxylation is 3. The molecule has 0 atom stereocenters. The molecular weight excluding hydrogens is 418 g/mol. The first kappa shape index (κ1) is 22.1. The van der Waals surface area contributed by atoms with E-state index in [1.165, 1.54) is 28.9 Å². The summed E-state index contributed by atoms with van der Waals surface area (Å²) in [7, 11) is -3.74. The Kier molecular flexibility index (Phi) is 6.43. The molecule has 160 valence electrons. The maximum absolute atomic E-state index is 12.7. The van der Waals surface area contributed by atoms with E-state index in [0.717, 1.165) is 11.4 Å². The average molecular weight is 440 g/mol. The monoisotopic (exact) mass is 439 g/mol. The summed E-state index contributed by atoms with van der Waals surface area (Å²) in [6.45, 7) is 5.49. The fraction of sp³-hybridized carbons (Fsp3) is 0.250. The number of hydrogen-bond donors (Lipinski definition) is 2. The predicted molar refractivity (Wildman–Crippen MR) is 113 cm³/mol. The van der Waals surface area contributed by atoms with Gasteiger partial charge in [-0.15, -0.1) is 0 Å². The van der Waals surface area contributed by atoms with E-state index in [-0.39, 0.29) is 23.4 Å². The molecule has 0 aliphatic rings. The van der Waals surface area contributed by atoms with E-state index in [2.05, 4.69) is 25.1 Å². The normalized spacial score (nSPS) is 11.2. The van der Waals surface area contributed by atoms with Crippen molar-refractivity contribution in [1.82, 2.24) is 24.5 Å². The third-order valence-electron chi connectivity index (χ3n) is 4.19. The van der Waals surface area contributed by atoms with Crippen LogP contribution in [0.15, 0.2) is 41.3 Å². The van der Waals surface area contributed by atoms with Crippen molar-refractivity contribution >= 4 is 21.7 Å². The molecule has 0 bridgehead atoms. The zero-order valence-corrected chi connectivity index (χ0v) is 18.1. The minimum absolute atomic E-state index is 0.00603. The highest BCUT2D eigenvalue weighted by Gasteiger charge is 2.17. The second-order valence-electron chi connectivity index (χ2n) is 6.82. The quantitative estimate of drug-likeness (QED) is 0.536. The van der Waals surface area contributed by atoms with Crippen LogP contribution >= 0.6 is 0 Å². The predicted octanol–water partition coefficient (Wildman–Crippen LogP) is 2.03. The van der Waals surface area contributed by atoms with E-state index in [1.807, 2.05) is 26.0 Å². The molecule has 0 saturated heterocycles. The summed E-state index contributed by atoms with van der Waals surface area (Å²) in [5, 5.41) is 15.7. The van der Waals surface area contributed by atoms with E-state index in [0.29, 0.717) is 17.5 Å². The molecule has 3 aromatic rings. The molecule has 0 radical (unpaired) electrons. The lowest BCUT2D eigenvalue weighted by Gasteiger charge is -2.09. The Bertz CT molecular complexity index is 1240. The maximum atomic E-state index is 12.7. The number of amides is 1. The number of aromatic nitrogens is 4. The maximum Gasteiger partial charge on any atom is 0.256 e. The van der Waals surface area contributed by atoms with Crippen molar-refractivity contribution in [2.75, 3.05) is 11.9 Å². The zero-order chi connectivity index (χ0) is 22.6. The second kappa shape index (κ2) is 9.03. The third kappa shape index (κ3) is 5.30. The first-order valence-corrected chi connectivity index (χ1v) is 10.9. The lowest BCUT2D eigenvalue weighted by Crippen LogP contribution is -2.24. The summed E-state index contributed by atoms with van der Waals surface area (Å²) < 4.78 is 28.2. The molecule has 2 N–H and O–H groups in total. The molecule has 2 aromatic heterocycles. The number of carbonyl (C=O) groups is 1. The Balaban J connectivity index is 1.81. The van der Waals surface area contributed by atoms with Crippen LogP contribution in [0, 0.1) is 32.1 Å². The molecule has 0 aliphatic carbocycles. The molecule has 10 nitrogen and oxygen atoms in total. The Morgan fingerprint density at radius 2 is 1.71 bits per heavy atom.